The number of likely N-dealkylation sites (N-methyl/N-ethyl adjacent to an activating group) is 1. The fraction of sp³-hybridized carbons (Fsp3) is 0.857. The van der Waals surface area contributed by atoms with Gasteiger partial charge in [0.15, 0.2) is 0 Å². The highest BCUT2D eigenvalue weighted by molar-refractivity contribution is 7.99. The number of hydrogen-bond acceptors (Lipinski definition) is 6. The molecule has 0 saturated heterocycles. The van der Waals surface area contributed by atoms with Gasteiger partial charge < -0.3 is 10.2 Å². The van der Waals surface area contributed by atoms with E-state index in [2.05, 4.69) is 32.7 Å². The first kappa shape index (κ1) is 17.2. The number of rotatable bonds is 7. The summed E-state index contributed by atoms with van der Waals surface area (Å²) in [6, 6.07) is 0.326. The van der Waals surface area contributed by atoms with Crippen LogP contribution in [0.25, 0.3) is 0 Å². The number of tetrazole rings is 1. The van der Waals surface area contributed by atoms with Crippen molar-refractivity contribution in [2.75, 3.05) is 26.4 Å². The summed E-state index contributed by atoms with van der Waals surface area (Å²) in [5.41, 5.74) is 0. The standard InChI is InChI=1S/C14H26N6OS/c1-11-6-4-5-7-12(11)15-13(21)10-22-14-16-17-18-20(14)9-8-19(2)3/h11-12H,4-10H2,1-3H3,(H,15,21). The summed E-state index contributed by atoms with van der Waals surface area (Å²) in [5, 5.41) is 15.5. The first-order valence-electron chi connectivity index (χ1n) is 7.89. The number of nitrogens with one attached hydrogen (secondary N) is 1. The second-order valence-electron chi connectivity index (χ2n) is 6.21. The topological polar surface area (TPSA) is 75.9 Å². The molecule has 2 rings (SSSR count). The van der Waals surface area contributed by atoms with Gasteiger partial charge >= 0.3 is 0 Å². The summed E-state index contributed by atoms with van der Waals surface area (Å²) in [4.78, 5) is 14.2. The molecule has 1 aromatic rings. The first-order chi connectivity index (χ1) is 10.6. The van der Waals surface area contributed by atoms with Crippen LogP contribution in [0.4, 0.5) is 0 Å². The number of amides is 1. The molecule has 124 valence electrons. The predicted molar refractivity (Wildman–Crippen MR) is 86.7 cm³/mol. The molecule has 22 heavy (non-hydrogen) atoms. The minimum atomic E-state index is 0.0749. The molecule has 1 amide bonds. The number of nitrogens with zero attached hydrogens (tertiary/aromatic N) is 5. The van der Waals surface area contributed by atoms with Gasteiger partial charge in [-0.1, -0.05) is 31.5 Å². The molecular formula is C14H26N6OS. The summed E-state index contributed by atoms with van der Waals surface area (Å²) < 4.78 is 1.75. The highest BCUT2D eigenvalue weighted by Crippen LogP contribution is 2.24. The summed E-state index contributed by atoms with van der Waals surface area (Å²) >= 11 is 1.40. The Labute approximate surface area is 136 Å². The molecular weight excluding hydrogens is 300 g/mol. The summed E-state index contributed by atoms with van der Waals surface area (Å²) in [6.45, 7) is 3.81. The van der Waals surface area contributed by atoms with E-state index in [0.717, 1.165) is 19.5 Å². The average molecular weight is 326 g/mol. The van der Waals surface area contributed by atoms with Crippen LogP contribution in [-0.2, 0) is 11.3 Å². The quantitative estimate of drug-likeness (QED) is 0.754. The van der Waals surface area contributed by atoms with Gasteiger partial charge in [0.1, 0.15) is 0 Å². The van der Waals surface area contributed by atoms with Gasteiger partial charge in [0.25, 0.3) is 0 Å². The molecule has 2 atom stereocenters. The molecule has 1 heterocycles. The van der Waals surface area contributed by atoms with E-state index in [1.807, 2.05) is 14.1 Å². The second-order valence-corrected chi connectivity index (χ2v) is 7.15. The van der Waals surface area contributed by atoms with Gasteiger partial charge in [-0.25, -0.2) is 4.68 Å². The van der Waals surface area contributed by atoms with E-state index in [0.29, 0.717) is 22.9 Å². The Hall–Kier alpha value is -1.15. The maximum atomic E-state index is 12.1. The van der Waals surface area contributed by atoms with Gasteiger partial charge in [0.05, 0.1) is 12.3 Å². The molecule has 1 N–H and O–H groups in total. The largest absolute Gasteiger partial charge is 0.352 e. The Morgan fingerprint density at radius 1 is 1.41 bits per heavy atom. The SMILES string of the molecule is CC1CCCCC1NC(=O)CSc1nnnn1CCN(C)C. The Morgan fingerprint density at radius 3 is 2.91 bits per heavy atom. The molecule has 2 unspecified atom stereocenters. The van der Waals surface area contributed by atoms with Crippen LogP contribution < -0.4 is 5.32 Å². The molecule has 7 nitrogen and oxygen atoms in total. The minimum Gasteiger partial charge on any atom is -0.352 e. The third kappa shape index (κ3) is 5.24. The molecule has 0 spiro atoms. The normalized spacial score (nSPS) is 22.0. The summed E-state index contributed by atoms with van der Waals surface area (Å²) in [6.07, 6.45) is 4.80. The Kier molecular flexibility index (Phi) is 6.63. The number of carbonyl (C=O) groups excluding carboxylic acids is 1. The molecule has 1 aliphatic rings. The zero-order valence-corrected chi connectivity index (χ0v) is 14.5. The lowest BCUT2D eigenvalue weighted by atomic mass is 9.86. The fourth-order valence-corrected chi connectivity index (χ4v) is 3.36. The smallest absolute Gasteiger partial charge is 0.230 e. The Morgan fingerprint density at radius 2 is 2.18 bits per heavy atom. The molecule has 0 bridgehead atoms. The average Bonchev–Trinajstić information content (AvgIpc) is 2.93. The lowest BCUT2D eigenvalue weighted by Gasteiger charge is -2.29. The highest BCUT2D eigenvalue weighted by atomic mass is 32.2. The van der Waals surface area contributed by atoms with Crippen LogP contribution in [0.5, 0.6) is 0 Å². The predicted octanol–water partition coefficient (Wildman–Crippen LogP) is 1.02. The third-order valence-electron chi connectivity index (χ3n) is 4.05. The van der Waals surface area contributed by atoms with Crippen molar-refractivity contribution in [3.63, 3.8) is 0 Å². The molecule has 0 aliphatic heterocycles. The van der Waals surface area contributed by atoms with Crippen LogP contribution in [0.2, 0.25) is 0 Å². The van der Waals surface area contributed by atoms with E-state index in [-0.39, 0.29) is 5.91 Å². The van der Waals surface area contributed by atoms with E-state index in [4.69, 9.17) is 0 Å². The van der Waals surface area contributed by atoms with Crippen LogP contribution in [0.1, 0.15) is 32.6 Å². The van der Waals surface area contributed by atoms with Crippen molar-refractivity contribution in [2.45, 2.75) is 50.4 Å². The maximum Gasteiger partial charge on any atom is 0.230 e. The van der Waals surface area contributed by atoms with Gasteiger partial charge in [-0.3, -0.25) is 4.79 Å². The van der Waals surface area contributed by atoms with E-state index in [9.17, 15) is 4.79 Å². The van der Waals surface area contributed by atoms with Gasteiger partial charge in [-0.05, 0) is 43.3 Å². The van der Waals surface area contributed by atoms with Crippen LogP contribution in [0.3, 0.4) is 0 Å². The van der Waals surface area contributed by atoms with Gasteiger partial charge in [0.2, 0.25) is 11.1 Å². The highest BCUT2D eigenvalue weighted by Gasteiger charge is 2.23. The van der Waals surface area contributed by atoms with E-state index in [1.165, 1.54) is 31.0 Å². The van der Waals surface area contributed by atoms with Crippen LogP contribution in [0, 0.1) is 5.92 Å². The van der Waals surface area contributed by atoms with Crippen molar-refractivity contribution < 1.29 is 4.79 Å². The van der Waals surface area contributed by atoms with Gasteiger partial charge in [-0.15, -0.1) is 5.10 Å². The van der Waals surface area contributed by atoms with Crippen LogP contribution >= 0.6 is 11.8 Å². The molecule has 1 aliphatic carbocycles. The van der Waals surface area contributed by atoms with E-state index < -0.39 is 0 Å². The molecule has 1 fully saturated rings. The Bertz CT molecular complexity index is 478. The van der Waals surface area contributed by atoms with Crippen molar-refractivity contribution in [3.8, 4) is 0 Å². The van der Waals surface area contributed by atoms with Crippen LogP contribution in [0.15, 0.2) is 5.16 Å². The van der Waals surface area contributed by atoms with Crippen LogP contribution in [-0.4, -0.2) is 63.4 Å². The summed E-state index contributed by atoms with van der Waals surface area (Å²) in [7, 11) is 4.02. The maximum absolute atomic E-state index is 12.1. The van der Waals surface area contributed by atoms with E-state index >= 15 is 0 Å². The van der Waals surface area contributed by atoms with Crippen molar-refractivity contribution in [2.24, 2.45) is 5.92 Å². The van der Waals surface area contributed by atoms with E-state index in [1.54, 1.807) is 4.68 Å². The molecule has 1 aromatic heterocycles. The van der Waals surface area contributed by atoms with Gasteiger partial charge in [-0.2, -0.15) is 0 Å². The molecule has 1 saturated carbocycles. The Balaban J connectivity index is 1.77. The molecule has 0 radical (unpaired) electrons. The lowest BCUT2D eigenvalue weighted by Crippen LogP contribution is -2.41. The van der Waals surface area contributed by atoms with Crippen molar-refractivity contribution in [1.29, 1.82) is 0 Å². The minimum absolute atomic E-state index is 0.0749. The molecule has 0 aromatic carbocycles. The zero-order chi connectivity index (χ0) is 15.9. The fourth-order valence-electron chi connectivity index (χ4n) is 2.64. The first-order valence-corrected chi connectivity index (χ1v) is 8.88. The molecule has 8 heteroatoms. The van der Waals surface area contributed by atoms with Crippen molar-refractivity contribution >= 4 is 17.7 Å². The summed E-state index contributed by atoms with van der Waals surface area (Å²) in [5.74, 6) is 1.02. The second kappa shape index (κ2) is 8.47. The number of carbonyl (C=O) groups is 1. The van der Waals surface area contributed by atoms with Crippen molar-refractivity contribution in [3.05, 3.63) is 0 Å². The van der Waals surface area contributed by atoms with Gasteiger partial charge in [0, 0.05) is 12.6 Å². The number of aromatic nitrogens is 4. The number of thioether (sulfide) groups is 1. The number of hydrogen-bond donors (Lipinski definition) is 1. The van der Waals surface area contributed by atoms with Crippen molar-refractivity contribution in [1.82, 2.24) is 30.4 Å². The third-order valence-corrected chi connectivity index (χ3v) is 5.01. The lowest BCUT2D eigenvalue weighted by molar-refractivity contribution is -0.119. The zero-order valence-electron chi connectivity index (χ0n) is 13.7. The monoisotopic (exact) mass is 326 g/mol.